The maximum absolute atomic E-state index is 4.13. The molecule has 0 heterocycles. The number of hydrogen-bond acceptors (Lipinski definition) is 0. The number of rotatable bonds is 2. The Balaban J connectivity index is 2.02. The van der Waals surface area contributed by atoms with Crippen molar-refractivity contribution < 1.29 is 0 Å². The van der Waals surface area contributed by atoms with Crippen LogP contribution < -0.4 is 0 Å². The van der Waals surface area contributed by atoms with Gasteiger partial charge in [-0.3, -0.25) is 0 Å². The molecule has 1 aromatic rings. The lowest BCUT2D eigenvalue weighted by Gasteiger charge is -2.10. The Labute approximate surface area is 80.3 Å². The monoisotopic (exact) mass is 172 g/mol. The van der Waals surface area contributed by atoms with Crippen molar-refractivity contribution in [3.05, 3.63) is 48.0 Å². The van der Waals surface area contributed by atoms with Crippen molar-refractivity contribution in [2.75, 3.05) is 0 Å². The first-order valence-corrected chi connectivity index (χ1v) is 5.08. The molecule has 2 rings (SSSR count). The van der Waals surface area contributed by atoms with Crippen molar-refractivity contribution in [1.82, 2.24) is 0 Å². The minimum Gasteiger partial charge on any atom is -0.0996 e. The number of hydrogen-bond donors (Lipinski definition) is 0. The molecule has 13 heavy (non-hydrogen) atoms. The molecular weight excluding hydrogens is 156 g/mol. The fraction of sp³-hybridized carbons (Fsp3) is 0.385. The normalized spacial score (nSPS) is 22.2. The van der Waals surface area contributed by atoms with E-state index in [2.05, 4.69) is 36.9 Å². The van der Waals surface area contributed by atoms with Crippen LogP contribution in [0.1, 0.15) is 24.8 Å². The summed E-state index contributed by atoms with van der Waals surface area (Å²) in [5.41, 5.74) is 2.92. The van der Waals surface area contributed by atoms with Gasteiger partial charge in [0.05, 0.1) is 0 Å². The summed E-state index contributed by atoms with van der Waals surface area (Å²) in [6.45, 7) is 4.13. The van der Waals surface area contributed by atoms with Gasteiger partial charge < -0.3 is 0 Å². The van der Waals surface area contributed by atoms with Gasteiger partial charge in [0, 0.05) is 0 Å². The SMILES string of the molecule is C=C1CCC[C@@H]1Cc1ccccc1. The maximum Gasteiger partial charge on any atom is -0.0165 e. The Morgan fingerprint density at radius 3 is 2.62 bits per heavy atom. The molecule has 1 fully saturated rings. The lowest BCUT2D eigenvalue weighted by Crippen LogP contribution is -2.00. The molecule has 68 valence electrons. The molecule has 1 atom stereocenters. The highest BCUT2D eigenvalue weighted by molar-refractivity contribution is 5.19. The predicted octanol–water partition coefficient (Wildman–Crippen LogP) is 3.59. The third-order valence-corrected chi connectivity index (χ3v) is 2.95. The van der Waals surface area contributed by atoms with Crippen LogP contribution in [0.3, 0.4) is 0 Å². The average molecular weight is 172 g/mol. The first kappa shape index (κ1) is 8.55. The molecule has 1 aromatic carbocycles. The maximum atomic E-state index is 4.13. The van der Waals surface area contributed by atoms with Crippen molar-refractivity contribution in [2.24, 2.45) is 5.92 Å². The van der Waals surface area contributed by atoms with E-state index in [4.69, 9.17) is 0 Å². The first-order valence-electron chi connectivity index (χ1n) is 5.08. The molecule has 1 saturated carbocycles. The topological polar surface area (TPSA) is 0 Å². The molecule has 0 heteroatoms. The molecular formula is C13H16. The second-order valence-corrected chi connectivity index (χ2v) is 3.94. The van der Waals surface area contributed by atoms with Gasteiger partial charge in [0.25, 0.3) is 0 Å². The van der Waals surface area contributed by atoms with Crippen LogP contribution in [0.25, 0.3) is 0 Å². The summed E-state index contributed by atoms with van der Waals surface area (Å²) in [5, 5.41) is 0. The zero-order valence-electron chi connectivity index (χ0n) is 8.00. The standard InChI is InChI=1S/C13H16/c1-11-6-5-9-13(11)10-12-7-3-2-4-8-12/h2-4,7-8,13H,1,5-6,9-10H2/t13-/m1/s1. The number of allylic oxidation sites excluding steroid dienone is 1. The van der Waals surface area contributed by atoms with Gasteiger partial charge in [0.2, 0.25) is 0 Å². The summed E-state index contributed by atoms with van der Waals surface area (Å²) in [6.07, 6.45) is 5.13. The molecule has 0 aliphatic heterocycles. The minimum absolute atomic E-state index is 0.752. The van der Waals surface area contributed by atoms with Gasteiger partial charge in [-0.2, -0.15) is 0 Å². The molecule has 0 spiro atoms. The van der Waals surface area contributed by atoms with Crippen LogP contribution in [-0.4, -0.2) is 0 Å². The van der Waals surface area contributed by atoms with Crippen molar-refractivity contribution in [2.45, 2.75) is 25.7 Å². The largest absolute Gasteiger partial charge is 0.0996 e. The molecule has 0 bridgehead atoms. The lowest BCUT2D eigenvalue weighted by atomic mass is 9.95. The molecule has 1 aliphatic rings. The highest BCUT2D eigenvalue weighted by Gasteiger charge is 2.18. The van der Waals surface area contributed by atoms with Crippen LogP contribution in [0.5, 0.6) is 0 Å². The quantitative estimate of drug-likeness (QED) is 0.598. The third kappa shape index (κ3) is 2.00. The highest BCUT2D eigenvalue weighted by Crippen LogP contribution is 2.31. The zero-order valence-corrected chi connectivity index (χ0v) is 8.00. The molecule has 0 radical (unpaired) electrons. The number of benzene rings is 1. The summed E-state index contributed by atoms with van der Waals surface area (Å²) < 4.78 is 0. The van der Waals surface area contributed by atoms with E-state index in [1.807, 2.05) is 0 Å². The van der Waals surface area contributed by atoms with Crippen LogP contribution in [0.4, 0.5) is 0 Å². The van der Waals surface area contributed by atoms with Gasteiger partial charge >= 0.3 is 0 Å². The highest BCUT2D eigenvalue weighted by atomic mass is 14.2. The van der Waals surface area contributed by atoms with Gasteiger partial charge in [-0.25, -0.2) is 0 Å². The lowest BCUT2D eigenvalue weighted by molar-refractivity contribution is 0.625. The molecule has 0 unspecified atom stereocenters. The minimum atomic E-state index is 0.752. The van der Waals surface area contributed by atoms with Crippen molar-refractivity contribution in [3.8, 4) is 0 Å². The van der Waals surface area contributed by atoms with Crippen molar-refractivity contribution in [1.29, 1.82) is 0 Å². The fourth-order valence-electron chi connectivity index (χ4n) is 2.13. The third-order valence-electron chi connectivity index (χ3n) is 2.95. The molecule has 0 aromatic heterocycles. The Morgan fingerprint density at radius 2 is 2.00 bits per heavy atom. The van der Waals surface area contributed by atoms with Gasteiger partial charge in [-0.1, -0.05) is 42.5 Å². The summed E-state index contributed by atoms with van der Waals surface area (Å²) in [4.78, 5) is 0. The van der Waals surface area contributed by atoms with Gasteiger partial charge in [0.15, 0.2) is 0 Å². The van der Waals surface area contributed by atoms with E-state index in [0.29, 0.717) is 0 Å². The Hall–Kier alpha value is -1.04. The summed E-state index contributed by atoms with van der Waals surface area (Å²) in [5.74, 6) is 0.752. The van der Waals surface area contributed by atoms with E-state index >= 15 is 0 Å². The summed E-state index contributed by atoms with van der Waals surface area (Å²) in [6, 6.07) is 10.7. The van der Waals surface area contributed by atoms with Crippen LogP contribution in [-0.2, 0) is 6.42 Å². The van der Waals surface area contributed by atoms with Gasteiger partial charge in [-0.15, -0.1) is 0 Å². The van der Waals surface area contributed by atoms with E-state index in [-0.39, 0.29) is 0 Å². The van der Waals surface area contributed by atoms with E-state index in [1.54, 1.807) is 0 Å². The zero-order chi connectivity index (χ0) is 9.10. The molecule has 1 aliphatic carbocycles. The van der Waals surface area contributed by atoms with Crippen LogP contribution in [0.2, 0.25) is 0 Å². The summed E-state index contributed by atoms with van der Waals surface area (Å²) in [7, 11) is 0. The van der Waals surface area contributed by atoms with E-state index < -0.39 is 0 Å². The molecule has 0 amide bonds. The van der Waals surface area contributed by atoms with Gasteiger partial charge in [0.1, 0.15) is 0 Å². The van der Waals surface area contributed by atoms with Crippen LogP contribution in [0.15, 0.2) is 42.5 Å². The second-order valence-electron chi connectivity index (χ2n) is 3.94. The van der Waals surface area contributed by atoms with E-state index in [0.717, 1.165) is 5.92 Å². The Kier molecular flexibility index (Phi) is 2.49. The average Bonchev–Trinajstić information content (AvgIpc) is 2.54. The fourth-order valence-corrected chi connectivity index (χ4v) is 2.13. The molecule has 0 N–H and O–H groups in total. The predicted molar refractivity (Wildman–Crippen MR) is 56.6 cm³/mol. The van der Waals surface area contributed by atoms with E-state index in [1.165, 1.54) is 36.8 Å². The molecule has 0 saturated heterocycles. The van der Waals surface area contributed by atoms with E-state index in [9.17, 15) is 0 Å². The Morgan fingerprint density at radius 1 is 1.23 bits per heavy atom. The summed E-state index contributed by atoms with van der Waals surface area (Å²) >= 11 is 0. The smallest absolute Gasteiger partial charge is 0.0165 e. The molecule has 0 nitrogen and oxygen atoms in total. The first-order chi connectivity index (χ1) is 6.36. The van der Waals surface area contributed by atoms with Crippen LogP contribution in [0, 0.1) is 5.92 Å². The van der Waals surface area contributed by atoms with Crippen molar-refractivity contribution in [3.63, 3.8) is 0 Å². The second kappa shape index (κ2) is 3.78. The van der Waals surface area contributed by atoms with Crippen LogP contribution >= 0.6 is 0 Å². The van der Waals surface area contributed by atoms with Crippen molar-refractivity contribution >= 4 is 0 Å². The Bertz CT molecular complexity index is 284. The van der Waals surface area contributed by atoms with Gasteiger partial charge in [-0.05, 0) is 37.2 Å².